The molecule has 0 radical (unpaired) electrons. The van der Waals surface area contributed by atoms with Gasteiger partial charge in [0.05, 0.1) is 6.10 Å². The van der Waals surface area contributed by atoms with Crippen LogP contribution in [0.25, 0.3) is 0 Å². The van der Waals surface area contributed by atoms with Crippen LogP contribution in [0.3, 0.4) is 0 Å². The summed E-state index contributed by atoms with van der Waals surface area (Å²) < 4.78 is 0. The van der Waals surface area contributed by atoms with Crippen LogP contribution in [-0.4, -0.2) is 11.2 Å². The normalized spacial score (nSPS) is 41.2. The van der Waals surface area contributed by atoms with Gasteiger partial charge in [-0.15, -0.1) is 0 Å². The van der Waals surface area contributed by atoms with Crippen molar-refractivity contribution in [2.45, 2.75) is 65.4 Å². The standard InChI is InChI=1S/C14H26O/c1-4-10-6-5-7-11(8-10)13(15)12-9-14(12,2)3/h10-13,15H,4-9H2,1-3H3. The third-order valence-corrected chi connectivity index (χ3v) is 4.89. The highest BCUT2D eigenvalue weighted by Crippen LogP contribution is 2.56. The molecule has 0 aromatic carbocycles. The molecular formula is C14H26O. The Morgan fingerprint density at radius 3 is 2.53 bits per heavy atom. The van der Waals surface area contributed by atoms with E-state index in [1.165, 1.54) is 38.5 Å². The molecule has 2 fully saturated rings. The topological polar surface area (TPSA) is 20.2 Å². The molecule has 88 valence electrons. The molecule has 1 N–H and O–H groups in total. The fourth-order valence-corrected chi connectivity index (χ4v) is 3.43. The van der Waals surface area contributed by atoms with Gasteiger partial charge in [0.1, 0.15) is 0 Å². The Morgan fingerprint density at radius 2 is 2.00 bits per heavy atom. The van der Waals surface area contributed by atoms with Gasteiger partial charge >= 0.3 is 0 Å². The van der Waals surface area contributed by atoms with Gasteiger partial charge in [0.2, 0.25) is 0 Å². The number of hydrogen-bond acceptors (Lipinski definition) is 1. The highest BCUT2D eigenvalue weighted by atomic mass is 16.3. The van der Waals surface area contributed by atoms with Crippen molar-refractivity contribution in [3.8, 4) is 0 Å². The fourth-order valence-electron chi connectivity index (χ4n) is 3.43. The van der Waals surface area contributed by atoms with Gasteiger partial charge < -0.3 is 5.11 Å². The molecule has 15 heavy (non-hydrogen) atoms. The first-order chi connectivity index (χ1) is 7.04. The van der Waals surface area contributed by atoms with Gasteiger partial charge in [-0.1, -0.05) is 40.0 Å². The van der Waals surface area contributed by atoms with Gasteiger partial charge in [-0.05, 0) is 42.4 Å². The molecule has 0 aliphatic heterocycles. The summed E-state index contributed by atoms with van der Waals surface area (Å²) in [7, 11) is 0. The molecule has 0 amide bonds. The third kappa shape index (κ3) is 2.38. The molecule has 2 saturated carbocycles. The van der Waals surface area contributed by atoms with Crippen molar-refractivity contribution < 1.29 is 5.11 Å². The van der Waals surface area contributed by atoms with E-state index >= 15 is 0 Å². The summed E-state index contributed by atoms with van der Waals surface area (Å²) in [5, 5.41) is 10.4. The van der Waals surface area contributed by atoms with Crippen molar-refractivity contribution in [2.75, 3.05) is 0 Å². The molecule has 1 heteroatoms. The molecule has 2 rings (SSSR count). The Morgan fingerprint density at radius 1 is 1.33 bits per heavy atom. The van der Waals surface area contributed by atoms with Crippen LogP contribution >= 0.6 is 0 Å². The van der Waals surface area contributed by atoms with Gasteiger partial charge in [-0.2, -0.15) is 0 Å². The molecular weight excluding hydrogens is 184 g/mol. The van der Waals surface area contributed by atoms with Crippen molar-refractivity contribution in [1.29, 1.82) is 0 Å². The Labute approximate surface area is 94.3 Å². The summed E-state index contributed by atoms with van der Waals surface area (Å²) in [4.78, 5) is 0. The van der Waals surface area contributed by atoms with Crippen LogP contribution < -0.4 is 0 Å². The second kappa shape index (κ2) is 4.08. The Balaban J connectivity index is 1.87. The largest absolute Gasteiger partial charge is 0.393 e. The minimum Gasteiger partial charge on any atom is -0.393 e. The second-order valence-electron chi connectivity index (χ2n) is 6.49. The highest BCUT2D eigenvalue weighted by molar-refractivity contribution is 5.01. The molecule has 4 atom stereocenters. The van der Waals surface area contributed by atoms with Crippen LogP contribution in [0.15, 0.2) is 0 Å². The lowest BCUT2D eigenvalue weighted by molar-refractivity contribution is 0.0422. The van der Waals surface area contributed by atoms with E-state index in [0.717, 1.165) is 5.92 Å². The Bertz CT molecular complexity index is 221. The maximum atomic E-state index is 10.4. The molecule has 4 unspecified atom stereocenters. The predicted octanol–water partition coefficient (Wildman–Crippen LogP) is 3.61. The Kier molecular flexibility index (Phi) is 3.12. The van der Waals surface area contributed by atoms with E-state index < -0.39 is 0 Å². The number of rotatable bonds is 3. The van der Waals surface area contributed by atoms with Crippen LogP contribution in [0.5, 0.6) is 0 Å². The van der Waals surface area contributed by atoms with Gasteiger partial charge in [-0.25, -0.2) is 0 Å². The number of aliphatic hydroxyl groups excluding tert-OH is 1. The summed E-state index contributed by atoms with van der Waals surface area (Å²) in [5.41, 5.74) is 0.429. The summed E-state index contributed by atoms with van der Waals surface area (Å²) in [6.07, 6.45) is 7.82. The monoisotopic (exact) mass is 210 g/mol. The maximum absolute atomic E-state index is 10.4. The van der Waals surface area contributed by atoms with Crippen LogP contribution in [0.1, 0.15) is 59.3 Å². The molecule has 0 aromatic rings. The minimum absolute atomic E-state index is 0.00523. The van der Waals surface area contributed by atoms with Crippen molar-refractivity contribution in [1.82, 2.24) is 0 Å². The SMILES string of the molecule is CCC1CCCC(C(O)C2CC2(C)C)C1. The highest BCUT2D eigenvalue weighted by Gasteiger charge is 2.51. The summed E-state index contributed by atoms with van der Waals surface area (Å²) in [6.45, 7) is 6.88. The van der Waals surface area contributed by atoms with Crippen molar-refractivity contribution in [2.24, 2.45) is 23.2 Å². The van der Waals surface area contributed by atoms with Crippen molar-refractivity contribution >= 4 is 0 Å². The van der Waals surface area contributed by atoms with Crippen molar-refractivity contribution in [3.05, 3.63) is 0 Å². The molecule has 0 saturated heterocycles. The third-order valence-electron chi connectivity index (χ3n) is 4.89. The zero-order valence-electron chi connectivity index (χ0n) is 10.5. The van der Waals surface area contributed by atoms with Crippen LogP contribution in [-0.2, 0) is 0 Å². The molecule has 0 spiro atoms. The number of hydrogen-bond donors (Lipinski definition) is 1. The molecule has 0 bridgehead atoms. The first-order valence-electron chi connectivity index (χ1n) is 6.72. The predicted molar refractivity (Wildman–Crippen MR) is 63.6 cm³/mol. The molecule has 1 nitrogen and oxygen atoms in total. The average Bonchev–Trinajstić information content (AvgIpc) is 2.87. The van der Waals surface area contributed by atoms with Gasteiger partial charge in [0.25, 0.3) is 0 Å². The van der Waals surface area contributed by atoms with Crippen LogP contribution in [0, 0.1) is 23.2 Å². The quantitative estimate of drug-likeness (QED) is 0.754. The first-order valence-corrected chi connectivity index (χ1v) is 6.72. The lowest BCUT2D eigenvalue weighted by Gasteiger charge is -2.32. The van der Waals surface area contributed by atoms with E-state index in [1.54, 1.807) is 0 Å². The summed E-state index contributed by atoms with van der Waals surface area (Å²) in [5.74, 6) is 2.09. The van der Waals surface area contributed by atoms with Crippen LogP contribution in [0.2, 0.25) is 0 Å². The second-order valence-corrected chi connectivity index (χ2v) is 6.49. The van der Waals surface area contributed by atoms with E-state index in [4.69, 9.17) is 0 Å². The molecule has 0 heterocycles. The Hall–Kier alpha value is -0.0400. The van der Waals surface area contributed by atoms with E-state index in [2.05, 4.69) is 20.8 Å². The van der Waals surface area contributed by atoms with E-state index in [1.807, 2.05) is 0 Å². The van der Waals surface area contributed by atoms with Gasteiger partial charge in [0, 0.05) is 0 Å². The zero-order valence-corrected chi connectivity index (χ0v) is 10.5. The smallest absolute Gasteiger partial charge is 0.0601 e. The lowest BCUT2D eigenvalue weighted by atomic mass is 9.76. The average molecular weight is 210 g/mol. The molecule has 0 aromatic heterocycles. The molecule has 2 aliphatic rings. The van der Waals surface area contributed by atoms with E-state index in [9.17, 15) is 5.11 Å². The van der Waals surface area contributed by atoms with E-state index in [0.29, 0.717) is 17.3 Å². The van der Waals surface area contributed by atoms with Gasteiger partial charge in [0.15, 0.2) is 0 Å². The van der Waals surface area contributed by atoms with Gasteiger partial charge in [-0.3, -0.25) is 0 Å². The maximum Gasteiger partial charge on any atom is 0.0601 e. The van der Waals surface area contributed by atoms with Crippen LogP contribution in [0.4, 0.5) is 0 Å². The summed E-state index contributed by atoms with van der Waals surface area (Å²) >= 11 is 0. The fraction of sp³-hybridized carbons (Fsp3) is 1.00. The van der Waals surface area contributed by atoms with Crippen molar-refractivity contribution in [3.63, 3.8) is 0 Å². The number of aliphatic hydroxyl groups is 1. The minimum atomic E-state index is -0.00523. The van der Waals surface area contributed by atoms with E-state index in [-0.39, 0.29) is 6.10 Å². The first kappa shape index (κ1) is 11.4. The zero-order chi connectivity index (χ0) is 11.1. The molecule has 2 aliphatic carbocycles. The summed E-state index contributed by atoms with van der Waals surface area (Å²) in [6, 6.07) is 0. The lowest BCUT2D eigenvalue weighted by Crippen LogP contribution is -2.29.